The van der Waals surface area contributed by atoms with Crippen LogP contribution in [0.5, 0.6) is 0 Å². The van der Waals surface area contributed by atoms with Gasteiger partial charge in [-0.05, 0) is 53.1 Å². The molecule has 0 atom stereocenters. The monoisotopic (exact) mass is 731 g/mol. The van der Waals surface area contributed by atoms with Crippen LogP contribution in [0, 0.1) is 0 Å². The molecule has 0 unspecified atom stereocenters. The molecule has 0 aliphatic rings. The van der Waals surface area contributed by atoms with Gasteiger partial charge in [0.15, 0.2) is 17.5 Å². The van der Waals surface area contributed by atoms with Crippen LogP contribution in [0.4, 0.5) is 0 Å². The van der Waals surface area contributed by atoms with E-state index < -0.39 is 0 Å². The zero-order valence-corrected chi connectivity index (χ0v) is 30.3. The summed E-state index contributed by atoms with van der Waals surface area (Å²) in [6.07, 6.45) is 0. The van der Waals surface area contributed by atoms with Gasteiger partial charge in [0.2, 0.25) is 0 Å². The summed E-state index contributed by atoms with van der Waals surface area (Å²) in [5.74, 6) is 1.78. The van der Waals surface area contributed by atoms with Gasteiger partial charge >= 0.3 is 0 Å². The molecule has 6 heteroatoms. The molecular formula is C51H29N3O3. The average Bonchev–Trinajstić information content (AvgIpc) is 3.98. The molecular weight excluding hydrogens is 703 g/mol. The molecule has 0 aliphatic heterocycles. The highest BCUT2D eigenvalue weighted by atomic mass is 16.3. The van der Waals surface area contributed by atoms with Crippen molar-refractivity contribution < 1.29 is 13.3 Å². The number of fused-ring (bicyclic) bond motifs is 9. The smallest absolute Gasteiger partial charge is 0.164 e. The Morgan fingerprint density at radius 3 is 1.37 bits per heavy atom. The molecule has 0 bridgehead atoms. The zero-order valence-electron chi connectivity index (χ0n) is 30.3. The fourth-order valence-electron chi connectivity index (χ4n) is 8.38. The van der Waals surface area contributed by atoms with E-state index in [2.05, 4.69) is 84.9 Å². The number of rotatable bonds is 5. The number of hydrogen-bond acceptors (Lipinski definition) is 6. The van der Waals surface area contributed by atoms with E-state index in [0.29, 0.717) is 17.5 Å². The first-order chi connectivity index (χ1) is 28.2. The Morgan fingerprint density at radius 2 is 0.719 bits per heavy atom. The maximum Gasteiger partial charge on any atom is 0.164 e. The number of benzene rings is 8. The number of furan rings is 3. The summed E-state index contributed by atoms with van der Waals surface area (Å²) in [5, 5.41) is 6.30. The minimum absolute atomic E-state index is 0.586. The van der Waals surface area contributed by atoms with Gasteiger partial charge in [-0.1, -0.05) is 140 Å². The quantitative estimate of drug-likeness (QED) is 0.175. The van der Waals surface area contributed by atoms with Gasteiger partial charge in [-0.3, -0.25) is 0 Å². The summed E-state index contributed by atoms with van der Waals surface area (Å²) in [4.78, 5) is 15.2. The minimum atomic E-state index is 0.586. The summed E-state index contributed by atoms with van der Waals surface area (Å²) in [6.45, 7) is 0. The molecule has 4 heterocycles. The van der Waals surface area contributed by atoms with Crippen LogP contribution in [0.3, 0.4) is 0 Å². The van der Waals surface area contributed by atoms with Crippen LogP contribution in [0.1, 0.15) is 0 Å². The molecule has 57 heavy (non-hydrogen) atoms. The summed E-state index contributed by atoms with van der Waals surface area (Å²) in [5.41, 5.74) is 11.9. The molecule has 0 N–H and O–H groups in total. The first-order valence-electron chi connectivity index (χ1n) is 18.9. The first kappa shape index (κ1) is 31.5. The summed E-state index contributed by atoms with van der Waals surface area (Å²) in [6, 6.07) is 59.7. The minimum Gasteiger partial charge on any atom is -0.456 e. The summed E-state index contributed by atoms with van der Waals surface area (Å²) >= 11 is 0. The molecule has 6 nitrogen and oxygen atoms in total. The van der Waals surface area contributed by atoms with E-state index in [1.165, 1.54) is 0 Å². The fraction of sp³-hybridized carbons (Fsp3) is 0. The largest absolute Gasteiger partial charge is 0.456 e. The second-order valence-corrected chi connectivity index (χ2v) is 14.3. The van der Waals surface area contributed by atoms with Crippen molar-refractivity contribution in [2.24, 2.45) is 0 Å². The van der Waals surface area contributed by atoms with Gasteiger partial charge in [0.1, 0.15) is 33.5 Å². The molecule has 4 aromatic heterocycles. The van der Waals surface area contributed by atoms with Crippen LogP contribution in [-0.2, 0) is 0 Å². The third-order valence-corrected chi connectivity index (χ3v) is 11.0. The van der Waals surface area contributed by atoms with Crippen molar-refractivity contribution in [3.05, 3.63) is 176 Å². The van der Waals surface area contributed by atoms with Gasteiger partial charge in [0, 0.05) is 54.6 Å². The van der Waals surface area contributed by atoms with E-state index in [4.69, 9.17) is 28.2 Å². The molecule has 8 aromatic carbocycles. The highest BCUT2D eigenvalue weighted by Crippen LogP contribution is 2.45. The van der Waals surface area contributed by atoms with Crippen molar-refractivity contribution in [1.82, 2.24) is 15.0 Å². The standard InChI is InChI=1S/C51H29N3O3/c1-2-12-31(13-3-1)49-52-50(54-51(53-49)39-18-11-23-44-46(39)37-15-5-8-20-41(37)56-44)32-26-24-30(25-27-32)33-28-29-35(48-47(33)38-16-6-9-21-42(38)57-48)34-17-10-22-43-45(34)36-14-4-7-19-40(36)55-43/h1-29H. The lowest BCUT2D eigenvalue weighted by atomic mass is 9.92. The van der Waals surface area contributed by atoms with Crippen molar-refractivity contribution in [2.45, 2.75) is 0 Å². The Hall–Kier alpha value is -7.83. The van der Waals surface area contributed by atoms with Crippen LogP contribution in [0.15, 0.2) is 189 Å². The van der Waals surface area contributed by atoms with Gasteiger partial charge in [-0.25, -0.2) is 15.0 Å². The van der Waals surface area contributed by atoms with E-state index in [0.717, 1.165) is 105 Å². The topological polar surface area (TPSA) is 78.1 Å². The lowest BCUT2D eigenvalue weighted by Gasteiger charge is -2.11. The van der Waals surface area contributed by atoms with Crippen LogP contribution < -0.4 is 0 Å². The Labute approximate surface area is 325 Å². The Bertz CT molecular complexity index is 3520. The van der Waals surface area contributed by atoms with Gasteiger partial charge in [-0.2, -0.15) is 0 Å². The molecule has 266 valence electrons. The average molecular weight is 732 g/mol. The number of para-hydroxylation sites is 3. The normalized spacial score (nSPS) is 11.9. The second kappa shape index (κ2) is 12.3. The molecule has 0 aliphatic carbocycles. The molecule has 0 saturated carbocycles. The van der Waals surface area contributed by atoms with Gasteiger partial charge in [0.25, 0.3) is 0 Å². The molecule has 12 aromatic rings. The van der Waals surface area contributed by atoms with E-state index >= 15 is 0 Å². The number of nitrogens with zero attached hydrogens (tertiary/aromatic N) is 3. The Kier molecular flexibility index (Phi) is 6.83. The molecule has 0 spiro atoms. The van der Waals surface area contributed by atoms with Crippen LogP contribution in [0.2, 0.25) is 0 Å². The molecule has 0 amide bonds. The van der Waals surface area contributed by atoms with Crippen molar-refractivity contribution in [3.63, 3.8) is 0 Å². The summed E-state index contributed by atoms with van der Waals surface area (Å²) in [7, 11) is 0. The van der Waals surface area contributed by atoms with Gasteiger partial charge in [0.05, 0.1) is 0 Å². The second-order valence-electron chi connectivity index (χ2n) is 14.3. The zero-order chi connectivity index (χ0) is 37.5. The van der Waals surface area contributed by atoms with E-state index in [1.54, 1.807) is 0 Å². The lowest BCUT2D eigenvalue weighted by Crippen LogP contribution is -2.00. The number of hydrogen-bond donors (Lipinski definition) is 0. The molecule has 0 saturated heterocycles. The third-order valence-electron chi connectivity index (χ3n) is 11.0. The van der Waals surface area contributed by atoms with Crippen LogP contribution in [0.25, 0.3) is 122 Å². The Morgan fingerprint density at radius 1 is 0.263 bits per heavy atom. The van der Waals surface area contributed by atoms with Crippen molar-refractivity contribution in [1.29, 1.82) is 0 Å². The predicted octanol–water partition coefficient (Wildman–Crippen LogP) is 13.9. The van der Waals surface area contributed by atoms with Crippen molar-refractivity contribution in [3.8, 4) is 56.4 Å². The predicted molar refractivity (Wildman–Crippen MR) is 229 cm³/mol. The summed E-state index contributed by atoms with van der Waals surface area (Å²) < 4.78 is 19.2. The number of aromatic nitrogens is 3. The highest BCUT2D eigenvalue weighted by Gasteiger charge is 2.21. The molecule has 0 radical (unpaired) electrons. The van der Waals surface area contributed by atoms with Crippen molar-refractivity contribution in [2.75, 3.05) is 0 Å². The molecule has 0 fully saturated rings. The highest BCUT2D eigenvalue weighted by molar-refractivity contribution is 6.20. The Balaban J connectivity index is 1.02. The molecule has 12 rings (SSSR count). The van der Waals surface area contributed by atoms with Crippen LogP contribution in [-0.4, -0.2) is 15.0 Å². The van der Waals surface area contributed by atoms with E-state index in [-0.39, 0.29) is 0 Å². The third kappa shape index (κ3) is 4.94. The van der Waals surface area contributed by atoms with E-state index in [1.807, 2.05) is 91.0 Å². The first-order valence-corrected chi connectivity index (χ1v) is 18.9. The lowest BCUT2D eigenvalue weighted by molar-refractivity contribution is 0.668. The van der Waals surface area contributed by atoms with Gasteiger partial charge in [-0.15, -0.1) is 0 Å². The van der Waals surface area contributed by atoms with Gasteiger partial charge < -0.3 is 13.3 Å². The van der Waals surface area contributed by atoms with E-state index in [9.17, 15) is 0 Å². The fourth-order valence-corrected chi connectivity index (χ4v) is 8.38. The van der Waals surface area contributed by atoms with Crippen LogP contribution >= 0.6 is 0 Å². The SMILES string of the molecule is c1ccc(-c2nc(-c3ccc(-c4ccc(-c5cccc6oc7ccccc7c56)c5oc6ccccc6c45)cc3)nc(-c3cccc4oc5ccccc5c34)n2)cc1. The van der Waals surface area contributed by atoms with Crippen molar-refractivity contribution >= 4 is 65.8 Å². The maximum absolute atomic E-state index is 6.73. The maximum atomic E-state index is 6.73.